The van der Waals surface area contributed by atoms with E-state index in [-0.39, 0.29) is 35.5 Å². The van der Waals surface area contributed by atoms with Gasteiger partial charge in [0.2, 0.25) is 11.8 Å². The molecule has 2 saturated carbocycles. The summed E-state index contributed by atoms with van der Waals surface area (Å²) in [4.78, 5) is 29.7. The van der Waals surface area contributed by atoms with Gasteiger partial charge in [-0.25, -0.2) is 0 Å². The summed E-state index contributed by atoms with van der Waals surface area (Å²) in [6, 6.07) is 30.2. The van der Waals surface area contributed by atoms with E-state index in [1.807, 2.05) is 30.3 Å². The number of nitrogens with one attached hydrogen (secondary N) is 2. The SMILES string of the molecule is COCCOCC(=O)NC1CCC(Cc2ccc(C)cc2)(N(C)C)CC1.O=C(CCCOc1ccccc1)NC1CCC(Cc2ccccc2)(N2CCCCC2)CC1. The lowest BCUT2D eigenvalue weighted by Gasteiger charge is -2.50. The molecule has 1 heterocycles. The molecule has 0 bridgehead atoms. The lowest BCUT2D eigenvalue weighted by molar-refractivity contribution is -0.127. The molecule has 2 aliphatic carbocycles. The second-order valence-corrected chi connectivity index (χ2v) is 17.2. The van der Waals surface area contributed by atoms with Crippen LogP contribution in [0.1, 0.15) is 100 Å². The third-order valence-electron chi connectivity index (χ3n) is 12.8. The first-order valence-electron chi connectivity index (χ1n) is 22.0. The van der Waals surface area contributed by atoms with Gasteiger partial charge in [0.1, 0.15) is 12.4 Å². The Kier molecular flexibility index (Phi) is 18.5. The number of benzene rings is 3. The quantitative estimate of drug-likeness (QED) is 0.126. The summed E-state index contributed by atoms with van der Waals surface area (Å²) in [6.07, 6.45) is 16.2. The number of nitrogens with zero attached hydrogens (tertiary/aromatic N) is 2. The normalized spacial score (nSPS) is 23.7. The first-order valence-corrected chi connectivity index (χ1v) is 22.0. The second kappa shape index (κ2) is 23.7. The molecule has 3 fully saturated rings. The van der Waals surface area contributed by atoms with Crippen molar-refractivity contribution in [2.24, 2.45) is 0 Å². The molecule has 58 heavy (non-hydrogen) atoms. The first-order chi connectivity index (χ1) is 28.2. The second-order valence-electron chi connectivity index (χ2n) is 17.2. The Morgan fingerprint density at radius 1 is 0.707 bits per heavy atom. The Labute approximate surface area is 349 Å². The summed E-state index contributed by atoms with van der Waals surface area (Å²) in [7, 11) is 5.98. The van der Waals surface area contributed by atoms with E-state index in [9.17, 15) is 9.59 Å². The van der Waals surface area contributed by atoms with Gasteiger partial charge in [-0.2, -0.15) is 0 Å². The summed E-state index contributed by atoms with van der Waals surface area (Å²) in [5.74, 6) is 1.01. The number of aryl methyl sites for hydroxylation is 1. The third kappa shape index (κ3) is 14.5. The zero-order valence-corrected chi connectivity index (χ0v) is 36.0. The van der Waals surface area contributed by atoms with Crippen molar-refractivity contribution in [1.82, 2.24) is 20.4 Å². The van der Waals surface area contributed by atoms with Crippen LogP contribution >= 0.6 is 0 Å². The van der Waals surface area contributed by atoms with E-state index in [2.05, 4.69) is 96.0 Å². The summed E-state index contributed by atoms with van der Waals surface area (Å²) in [6.45, 7) is 6.24. The smallest absolute Gasteiger partial charge is 0.246 e. The van der Waals surface area contributed by atoms with Crippen molar-refractivity contribution in [2.75, 3.05) is 60.7 Å². The summed E-state index contributed by atoms with van der Waals surface area (Å²) >= 11 is 0. The topological polar surface area (TPSA) is 92.4 Å². The molecule has 2 N–H and O–H groups in total. The highest BCUT2D eigenvalue weighted by Crippen LogP contribution is 2.39. The Morgan fingerprint density at radius 2 is 1.29 bits per heavy atom. The van der Waals surface area contributed by atoms with Crippen molar-refractivity contribution in [3.05, 3.63) is 102 Å². The van der Waals surface area contributed by atoms with Crippen LogP contribution in [0.25, 0.3) is 0 Å². The van der Waals surface area contributed by atoms with Crippen LogP contribution in [-0.4, -0.2) is 105 Å². The van der Waals surface area contributed by atoms with Crippen LogP contribution in [0.4, 0.5) is 0 Å². The van der Waals surface area contributed by atoms with Crippen LogP contribution in [0, 0.1) is 6.92 Å². The molecule has 6 rings (SSSR count). The molecule has 9 nitrogen and oxygen atoms in total. The van der Waals surface area contributed by atoms with Gasteiger partial charge in [0, 0.05) is 36.7 Å². The Balaban J connectivity index is 0.000000226. The van der Waals surface area contributed by atoms with E-state index in [1.54, 1.807) is 7.11 Å². The fourth-order valence-corrected chi connectivity index (χ4v) is 9.23. The van der Waals surface area contributed by atoms with Gasteiger partial charge in [0.15, 0.2) is 0 Å². The maximum absolute atomic E-state index is 12.5. The summed E-state index contributed by atoms with van der Waals surface area (Å²) < 4.78 is 15.9. The standard InChI is InChI=1S/C28H38N2O2.C21H34N2O3/c31-27(15-10-22-32-26-13-6-2-7-14-26)29-25-16-18-28(19-17-25,30-20-8-3-9-21-30)23-24-11-4-1-5-12-24;1-17-5-7-18(8-6-17)15-21(23(2)3)11-9-19(10-12-21)22-20(24)16-26-14-13-25-4/h1-2,4-7,11-14,25H,3,8-10,15-23H2,(H,29,31);5-8,19H,9-16H2,1-4H3,(H,22,24). The van der Waals surface area contributed by atoms with Crippen molar-refractivity contribution in [3.8, 4) is 5.75 Å². The molecule has 0 aromatic heterocycles. The predicted molar refractivity (Wildman–Crippen MR) is 234 cm³/mol. The number of likely N-dealkylation sites (tertiary alicyclic amines) is 1. The molecule has 318 valence electrons. The monoisotopic (exact) mass is 797 g/mol. The van der Waals surface area contributed by atoms with Gasteiger partial charge < -0.3 is 29.7 Å². The number of para-hydroxylation sites is 1. The van der Waals surface area contributed by atoms with Gasteiger partial charge in [-0.05, 0) is 141 Å². The molecule has 1 saturated heterocycles. The van der Waals surface area contributed by atoms with E-state index < -0.39 is 0 Å². The van der Waals surface area contributed by atoms with Gasteiger partial charge in [0.25, 0.3) is 0 Å². The van der Waals surface area contributed by atoms with E-state index in [4.69, 9.17) is 14.2 Å². The number of likely N-dealkylation sites (N-methyl/N-ethyl adjacent to an activating group) is 1. The molecular weight excluding hydrogens is 725 g/mol. The molecular formula is C49H72N4O5. The van der Waals surface area contributed by atoms with Gasteiger partial charge >= 0.3 is 0 Å². The Hall–Kier alpha value is -3.76. The molecule has 0 unspecified atom stereocenters. The van der Waals surface area contributed by atoms with Crippen molar-refractivity contribution in [2.45, 2.75) is 126 Å². The van der Waals surface area contributed by atoms with Crippen LogP contribution in [0.2, 0.25) is 0 Å². The molecule has 1 aliphatic heterocycles. The average molecular weight is 797 g/mol. The molecule has 0 atom stereocenters. The first kappa shape index (κ1) is 45.3. The van der Waals surface area contributed by atoms with Crippen molar-refractivity contribution >= 4 is 11.8 Å². The summed E-state index contributed by atoms with van der Waals surface area (Å²) in [5, 5.41) is 6.43. The number of carbonyl (C=O) groups excluding carboxylic acids is 2. The van der Waals surface area contributed by atoms with E-state index in [0.29, 0.717) is 32.3 Å². The van der Waals surface area contributed by atoms with Crippen LogP contribution in [0.3, 0.4) is 0 Å². The number of piperidine rings is 1. The Bertz CT molecular complexity index is 1600. The minimum Gasteiger partial charge on any atom is -0.494 e. The van der Waals surface area contributed by atoms with Crippen molar-refractivity contribution in [3.63, 3.8) is 0 Å². The highest BCUT2D eigenvalue weighted by molar-refractivity contribution is 5.77. The number of carbonyl (C=O) groups is 2. The molecule has 3 aromatic carbocycles. The van der Waals surface area contributed by atoms with Gasteiger partial charge in [0.05, 0.1) is 19.8 Å². The van der Waals surface area contributed by atoms with Gasteiger partial charge in [-0.3, -0.25) is 14.5 Å². The highest BCUT2D eigenvalue weighted by Gasteiger charge is 2.41. The van der Waals surface area contributed by atoms with Crippen LogP contribution < -0.4 is 15.4 Å². The average Bonchev–Trinajstić information content (AvgIpc) is 3.25. The minimum atomic E-state index is -0.0259. The maximum atomic E-state index is 12.5. The lowest BCUT2D eigenvalue weighted by Crippen LogP contribution is -2.56. The number of rotatable bonds is 18. The van der Waals surface area contributed by atoms with Crippen molar-refractivity contribution in [1.29, 1.82) is 0 Å². The van der Waals surface area contributed by atoms with Gasteiger partial charge in [-0.15, -0.1) is 0 Å². The van der Waals surface area contributed by atoms with E-state index >= 15 is 0 Å². The van der Waals surface area contributed by atoms with Crippen molar-refractivity contribution < 1.29 is 23.8 Å². The number of hydrogen-bond acceptors (Lipinski definition) is 7. The zero-order chi connectivity index (χ0) is 41.1. The van der Waals surface area contributed by atoms with Crippen LogP contribution in [0.15, 0.2) is 84.9 Å². The van der Waals surface area contributed by atoms with E-state index in [1.165, 1.54) is 61.9 Å². The molecule has 3 aromatic rings. The molecule has 0 radical (unpaired) electrons. The predicted octanol–water partition coefficient (Wildman–Crippen LogP) is 7.93. The van der Waals surface area contributed by atoms with Gasteiger partial charge in [-0.1, -0.05) is 84.8 Å². The fraction of sp³-hybridized carbons (Fsp3) is 0.592. The third-order valence-corrected chi connectivity index (χ3v) is 12.8. The highest BCUT2D eigenvalue weighted by atomic mass is 16.5. The van der Waals surface area contributed by atoms with Crippen LogP contribution in [-0.2, 0) is 31.9 Å². The maximum Gasteiger partial charge on any atom is 0.246 e. The lowest BCUT2D eigenvalue weighted by atomic mass is 9.73. The molecule has 3 aliphatic rings. The molecule has 2 amide bonds. The van der Waals surface area contributed by atoms with Crippen LogP contribution in [0.5, 0.6) is 5.75 Å². The molecule has 0 spiro atoms. The number of methoxy groups -OCH3 is 1. The number of hydrogen-bond donors (Lipinski definition) is 2. The summed E-state index contributed by atoms with van der Waals surface area (Å²) in [5.41, 5.74) is 4.56. The molecule has 9 heteroatoms. The minimum absolute atomic E-state index is 0.0259. The fourth-order valence-electron chi connectivity index (χ4n) is 9.23. The number of amides is 2. The zero-order valence-electron chi connectivity index (χ0n) is 36.0. The van der Waals surface area contributed by atoms with E-state index in [0.717, 1.165) is 63.5 Å². The Morgan fingerprint density at radius 3 is 1.91 bits per heavy atom. The largest absolute Gasteiger partial charge is 0.494 e. The number of ether oxygens (including phenoxy) is 3.